The molecule has 0 heterocycles. The van der Waals surface area contributed by atoms with E-state index in [1.54, 1.807) is 0 Å². The van der Waals surface area contributed by atoms with Crippen molar-refractivity contribution in [1.29, 1.82) is 0 Å². The van der Waals surface area contributed by atoms with Crippen LogP contribution < -0.4 is 21.3 Å². The summed E-state index contributed by atoms with van der Waals surface area (Å²) in [6, 6.07) is 0.588. The van der Waals surface area contributed by atoms with E-state index in [0.717, 1.165) is 45.8 Å². The molecule has 0 unspecified atom stereocenters. The first kappa shape index (κ1) is 15.8. The van der Waals surface area contributed by atoms with Crippen molar-refractivity contribution in [3.05, 3.63) is 0 Å². The summed E-state index contributed by atoms with van der Waals surface area (Å²) in [5.74, 6) is 0. The van der Waals surface area contributed by atoms with E-state index < -0.39 is 0 Å². The molecule has 4 heteroatoms. The molecular weight excluding hydrogens is 200 g/mol. The number of hydrogen-bond acceptors (Lipinski definition) is 4. The SMILES string of the molecule is CCCNCCNCCNCCNC(C)C. The molecule has 16 heavy (non-hydrogen) atoms. The Morgan fingerprint density at radius 3 is 1.56 bits per heavy atom. The zero-order valence-corrected chi connectivity index (χ0v) is 11.2. The molecule has 0 aromatic heterocycles. The van der Waals surface area contributed by atoms with E-state index >= 15 is 0 Å². The first-order valence-corrected chi connectivity index (χ1v) is 6.63. The molecule has 0 amide bonds. The molecule has 0 saturated heterocycles. The average Bonchev–Trinajstić information content (AvgIpc) is 2.25. The van der Waals surface area contributed by atoms with Crippen LogP contribution >= 0.6 is 0 Å². The molecule has 0 atom stereocenters. The Balaban J connectivity index is 2.88. The predicted molar refractivity (Wildman–Crippen MR) is 72.0 cm³/mol. The van der Waals surface area contributed by atoms with Crippen molar-refractivity contribution in [2.24, 2.45) is 0 Å². The fourth-order valence-electron chi connectivity index (χ4n) is 1.35. The second kappa shape index (κ2) is 12.9. The number of hydrogen-bond donors (Lipinski definition) is 4. The van der Waals surface area contributed by atoms with Crippen molar-refractivity contribution in [3.63, 3.8) is 0 Å². The molecule has 0 aliphatic rings. The maximum atomic E-state index is 3.40. The summed E-state index contributed by atoms with van der Waals surface area (Å²) in [7, 11) is 0. The Labute approximate surface area is 101 Å². The topological polar surface area (TPSA) is 48.1 Å². The van der Waals surface area contributed by atoms with Gasteiger partial charge in [0.15, 0.2) is 0 Å². The lowest BCUT2D eigenvalue weighted by molar-refractivity contribution is 0.540. The standard InChI is InChI=1S/C12H30N4/c1-4-5-13-6-7-14-8-9-15-10-11-16-12(2)3/h12-16H,4-11H2,1-3H3. The lowest BCUT2D eigenvalue weighted by atomic mass is 10.4. The van der Waals surface area contributed by atoms with E-state index in [-0.39, 0.29) is 0 Å². The van der Waals surface area contributed by atoms with Crippen LogP contribution in [0.15, 0.2) is 0 Å². The minimum Gasteiger partial charge on any atom is -0.315 e. The van der Waals surface area contributed by atoms with Gasteiger partial charge in [-0.15, -0.1) is 0 Å². The number of rotatable bonds is 12. The Morgan fingerprint density at radius 1 is 0.688 bits per heavy atom. The Kier molecular flexibility index (Phi) is 12.8. The second-order valence-electron chi connectivity index (χ2n) is 4.36. The van der Waals surface area contributed by atoms with Crippen molar-refractivity contribution in [3.8, 4) is 0 Å². The van der Waals surface area contributed by atoms with Crippen LogP contribution in [0, 0.1) is 0 Å². The van der Waals surface area contributed by atoms with Gasteiger partial charge in [0.25, 0.3) is 0 Å². The molecule has 4 N–H and O–H groups in total. The molecule has 0 aliphatic carbocycles. The molecule has 0 aliphatic heterocycles. The third-order valence-corrected chi connectivity index (χ3v) is 2.24. The quantitative estimate of drug-likeness (QED) is 0.361. The Bertz CT molecular complexity index is 128. The van der Waals surface area contributed by atoms with Gasteiger partial charge in [0.05, 0.1) is 0 Å². The first-order valence-electron chi connectivity index (χ1n) is 6.63. The summed E-state index contributed by atoms with van der Waals surface area (Å²) in [6.07, 6.45) is 1.21. The Hall–Kier alpha value is -0.160. The maximum absolute atomic E-state index is 3.40. The van der Waals surface area contributed by atoms with Gasteiger partial charge in [-0.25, -0.2) is 0 Å². The van der Waals surface area contributed by atoms with Crippen molar-refractivity contribution >= 4 is 0 Å². The largest absolute Gasteiger partial charge is 0.315 e. The van der Waals surface area contributed by atoms with Gasteiger partial charge in [0, 0.05) is 45.3 Å². The van der Waals surface area contributed by atoms with E-state index in [4.69, 9.17) is 0 Å². The third kappa shape index (κ3) is 13.8. The molecule has 4 nitrogen and oxygen atoms in total. The third-order valence-electron chi connectivity index (χ3n) is 2.24. The van der Waals surface area contributed by atoms with Gasteiger partial charge in [-0.1, -0.05) is 20.8 Å². The van der Waals surface area contributed by atoms with Crippen LogP contribution in [-0.4, -0.2) is 51.9 Å². The summed E-state index contributed by atoms with van der Waals surface area (Å²) in [6.45, 7) is 14.0. The van der Waals surface area contributed by atoms with Gasteiger partial charge in [-0.05, 0) is 13.0 Å². The van der Waals surface area contributed by atoms with E-state index in [9.17, 15) is 0 Å². The van der Waals surface area contributed by atoms with Gasteiger partial charge < -0.3 is 21.3 Å². The highest BCUT2D eigenvalue weighted by molar-refractivity contribution is 4.57. The van der Waals surface area contributed by atoms with Crippen molar-refractivity contribution in [1.82, 2.24) is 21.3 Å². The zero-order valence-electron chi connectivity index (χ0n) is 11.2. The lowest BCUT2D eigenvalue weighted by Crippen LogP contribution is -2.36. The van der Waals surface area contributed by atoms with Crippen LogP contribution in [-0.2, 0) is 0 Å². The molecule has 0 spiro atoms. The fraction of sp³-hybridized carbons (Fsp3) is 1.00. The second-order valence-corrected chi connectivity index (χ2v) is 4.36. The van der Waals surface area contributed by atoms with E-state index in [1.807, 2.05) is 0 Å². The highest BCUT2D eigenvalue weighted by atomic mass is 15.0. The summed E-state index contributed by atoms with van der Waals surface area (Å²) in [5.41, 5.74) is 0. The lowest BCUT2D eigenvalue weighted by Gasteiger charge is -2.09. The molecule has 0 bridgehead atoms. The van der Waals surface area contributed by atoms with Crippen LogP contribution in [0.2, 0.25) is 0 Å². The van der Waals surface area contributed by atoms with Crippen LogP contribution in [0.3, 0.4) is 0 Å². The van der Waals surface area contributed by atoms with Crippen LogP contribution in [0.25, 0.3) is 0 Å². The first-order chi connectivity index (χ1) is 7.77. The molecule has 98 valence electrons. The van der Waals surface area contributed by atoms with Crippen LogP contribution in [0.5, 0.6) is 0 Å². The van der Waals surface area contributed by atoms with Gasteiger partial charge in [0.2, 0.25) is 0 Å². The van der Waals surface area contributed by atoms with Crippen molar-refractivity contribution in [2.45, 2.75) is 33.2 Å². The molecule has 0 aromatic rings. The van der Waals surface area contributed by atoms with E-state index in [0.29, 0.717) is 6.04 Å². The minimum absolute atomic E-state index is 0.588. The number of nitrogens with one attached hydrogen (secondary N) is 4. The maximum Gasteiger partial charge on any atom is 0.00791 e. The molecule has 0 radical (unpaired) electrons. The van der Waals surface area contributed by atoms with Gasteiger partial charge in [-0.3, -0.25) is 0 Å². The van der Waals surface area contributed by atoms with Gasteiger partial charge in [-0.2, -0.15) is 0 Å². The zero-order chi connectivity index (χ0) is 12.1. The summed E-state index contributed by atoms with van der Waals surface area (Å²) in [5, 5.41) is 13.5. The van der Waals surface area contributed by atoms with Crippen molar-refractivity contribution < 1.29 is 0 Å². The predicted octanol–water partition coefficient (Wildman–Crippen LogP) is 0.163. The highest BCUT2D eigenvalue weighted by Gasteiger charge is 1.91. The molecule has 0 rings (SSSR count). The van der Waals surface area contributed by atoms with Crippen LogP contribution in [0.4, 0.5) is 0 Å². The fourth-order valence-corrected chi connectivity index (χ4v) is 1.35. The molecule has 0 saturated carbocycles. The normalized spacial score (nSPS) is 11.2. The molecular formula is C12H30N4. The summed E-state index contributed by atoms with van der Waals surface area (Å²) >= 11 is 0. The van der Waals surface area contributed by atoms with Gasteiger partial charge in [0.1, 0.15) is 0 Å². The minimum atomic E-state index is 0.588. The van der Waals surface area contributed by atoms with E-state index in [1.165, 1.54) is 6.42 Å². The summed E-state index contributed by atoms with van der Waals surface area (Å²) < 4.78 is 0. The van der Waals surface area contributed by atoms with Gasteiger partial charge >= 0.3 is 0 Å². The van der Waals surface area contributed by atoms with Crippen LogP contribution in [0.1, 0.15) is 27.2 Å². The van der Waals surface area contributed by atoms with Crippen molar-refractivity contribution in [2.75, 3.05) is 45.8 Å². The monoisotopic (exact) mass is 230 g/mol. The molecule has 0 aromatic carbocycles. The average molecular weight is 230 g/mol. The Morgan fingerprint density at radius 2 is 1.12 bits per heavy atom. The molecule has 0 fully saturated rings. The smallest absolute Gasteiger partial charge is 0.00791 e. The highest BCUT2D eigenvalue weighted by Crippen LogP contribution is 1.72. The summed E-state index contributed by atoms with van der Waals surface area (Å²) in [4.78, 5) is 0. The van der Waals surface area contributed by atoms with E-state index in [2.05, 4.69) is 42.0 Å².